The van der Waals surface area contributed by atoms with Crippen LogP contribution in [0.4, 0.5) is 0 Å². The third kappa shape index (κ3) is 3.93. The van der Waals surface area contributed by atoms with Crippen LogP contribution >= 0.6 is 7.60 Å². The number of methoxy groups -OCH3 is 1. The van der Waals surface area contributed by atoms with Crippen LogP contribution in [-0.2, 0) is 9.09 Å². The summed E-state index contributed by atoms with van der Waals surface area (Å²) in [5.74, 6) is 2.49. The van der Waals surface area contributed by atoms with E-state index in [1.807, 2.05) is 24.3 Å². The number of allylic oxidation sites excluding steroid dienone is 1. The maximum Gasteiger partial charge on any atom is 0.351 e. The molecule has 1 fully saturated rings. The number of hydrogen-bond donors (Lipinski definition) is 1. The van der Waals surface area contributed by atoms with E-state index in [1.54, 1.807) is 14.0 Å². The van der Waals surface area contributed by atoms with E-state index in [9.17, 15) is 9.46 Å². The van der Waals surface area contributed by atoms with Gasteiger partial charge in [-0.05, 0) is 49.0 Å². The summed E-state index contributed by atoms with van der Waals surface area (Å²) in [5.41, 5.74) is 1.81. The van der Waals surface area contributed by atoms with Crippen LogP contribution in [0.2, 0.25) is 0 Å². The highest BCUT2D eigenvalue weighted by Crippen LogP contribution is 2.51. The molecule has 0 radical (unpaired) electrons. The molecule has 0 aliphatic heterocycles. The fraction of sp³-hybridized carbons (Fsp3) is 0.429. The van der Waals surface area contributed by atoms with Crippen molar-refractivity contribution in [2.75, 3.05) is 13.7 Å². The number of benzene rings is 1. The van der Waals surface area contributed by atoms with Gasteiger partial charge in [-0.1, -0.05) is 12.1 Å². The van der Waals surface area contributed by atoms with Gasteiger partial charge in [-0.3, -0.25) is 4.57 Å². The lowest BCUT2D eigenvalue weighted by molar-refractivity contribution is 0.283. The molecule has 0 heterocycles. The van der Waals surface area contributed by atoms with E-state index in [1.165, 1.54) is 5.82 Å². The average Bonchev–Trinajstić information content (AvgIpc) is 3.20. The Balaban J connectivity index is 2.34. The zero-order valence-corrected chi connectivity index (χ0v) is 12.1. The molecule has 0 amide bonds. The van der Waals surface area contributed by atoms with Gasteiger partial charge in [0.25, 0.3) is 0 Å². The molecule has 2 rings (SSSR count). The molecule has 1 saturated carbocycles. The van der Waals surface area contributed by atoms with E-state index in [2.05, 4.69) is 0 Å². The summed E-state index contributed by atoms with van der Waals surface area (Å²) in [6.45, 7) is 1.93. The van der Waals surface area contributed by atoms with Crippen molar-refractivity contribution in [3.63, 3.8) is 0 Å². The molecule has 0 aromatic heterocycles. The smallest absolute Gasteiger partial charge is 0.351 e. The standard InChI is InChI=1S/C14H19O4P/c1-3-18-19(15,16)10-14(11-7-8-11)12-5-4-6-13(9-12)17-2/h4-6,9-11H,3,7-8H2,1-2H3,(H,15,16)/b14-10+. The molecule has 1 aromatic carbocycles. The summed E-state index contributed by atoms with van der Waals surface area (Å²) in [6.07, 6.45) is 2.10. The third-order valence-electron chi connectivity index (χ3n) is 3.04. The fourth-order valence-corrected chi connectivity index (χ4v) is 3.17. The van der Waals surface area contributed by atoms with Crippen LogP contribution in [-0.4, -0.2) is 18.6 Å². The van der Waals surface area contributed by atoms with Crippen molar-refractivity contribution in [2.24, 2.45) is 5.92 Å². The van der Waals surface area contributed by atoms with Crippen molar-refractivity contribution in [2.45, 2.75) is 19.8 Å². The maximum atomic E-state index is 11.9. The first-order valence-electron chi connectivity index (χ1n) is 6.40. The molecule has 104 valence electrons. The second-order valence-electron chi connectivity index (χ2n) is 4.57. The molecule has 1 aliphatic carbocycles. The molecule has 1 aromatic rings. The van der Waals surface area contributed by atoms with Gasteiger partial charge in [-0.25, -0.2) is 0 Å². The zero-order chi connectivity index (χ0) is 13.9. The van der Waals surface area contributed by atoms with Gasteiger partial charge in [0.15, 0.2) is 0 Å². The largest absolute Gasteiger partial charge is 0.497 e. The van der Waals surface area contributed by atoms with Gasteiger partial charge >= 0.3 is 7.60 Å². The van der Waals surface area contributed by atoms with Gasteiger partial charge in [0.1, 0.15) is 5.75 Å². The first-order chi connectivity index (χ1) is 9.05. The van der Waals surface area contributed by atoms with Crippen LogP contribution < -0.4 is 4.74 Å². The van der Waals surface area contributed by atoms with Gasteiger partial charge in [0.05, 0.1) is 13.7 Å². The van der Waals surface area contributed by atoms with E-state index in [-0.39, 0.29) is 6.61 Å². The average molecular weight is 282 g/mol. The normalized spacial score (nSPS) is 19.0. The molecule has 1 atom stereocenters. The second-order valence-corrected chi connectivity index (χ2v) is 6.22. The van der Waals surface area contributed by atoms with Crippen molar-refractivity contribution >= 4 is 13.2 Å². The Morgan fingerprint density at radius 1 is 1.53 bits per heavy atom. The Kier molecular flexibility index (Phi) is 4.46. The van der Waals surface area contributed by atoms with E-state index < -0.39 is 7.60 Å². The van der Waals surface area contributed by atoms with Crippen LogP contribution in [0, 0.1) is 5.92 Å². The molecule has 19 heavy (non-hydrogen) atoms. The Morgan fingerprint density at radius 3 is 2.84 bits per heavy atom. The molecule has 1 unspecified atom stereocenters. The van der Waals surface area contributed by atoms with Crippen LogP contribution in [0.15, 0.2) is 30.1 Å². The summed E-state index contributed by atoms with van der Waals surface area (Å²) in [7, 11) is -2.05. The van der Waals surface area contributed by atoms with Crippen molar-refractivity contribution in [3.8, 4) is 5.75 Å². The molecule has 0 saturated heterocycles. The molecular weight excluding hydrogens is 263 g/mol. The monoisotopic (exact) mass is 282 g/mol. The summed E-state index contributed by atoms with van der Waals surface area (Å²) >= 11 is 0. The lowest BCUT2D eigenvalue weighted by Crippen LogP contribution is -1.92. The lowest BCUT2D eigenvalue weighted by atomic mass is 10.0. The molecule has 0 bridgehead atoms. The SMILES string of the molecule is CCOP(=O)(O)/C=C(/c1cccc(OC)c1)C1CC1. The highest BCUT2D eigenvalue weighted by atomic mass is 31.2. The predicted molar refractivity (Wildman–Crippen MR) is 75.1 cm³/mol. The summed E-state index contributed by atoms with van der Waals surface area (Å²) < 4.78 is 22.0. The minimum Gasteiger partial charge on any atom is -0.497 e. The second kappa shape index (κ2) is 5.91. The molecule has 4 nitrogen and oxygen atoms in total. The van der Waals surface area contributed by atoms with Crippen molar-refractivity contribution in [3.05, 3.63) is 35.6 Å². The lowest BCUT2D eigenvalue weighted by Gasteiger charge is -2.12. The number of hydrogen-bond acceptors (Lipinski definition) is 3. The van der Waals surface area contributed by atoms with Gasteiger partial charge in [-0.15, -0.1) is 0 Å². The summed E-state index contributed by atoms with van der Waals surface area (Å²) in [5, 5.41) is 0. The van der Waals surface area contributed by atoms with E-state index in [0.717, 1.165) is 29.7 Å². The van der Waals surface area contributed by atoms with Crippen LogP contribution in [0.25, 0.3) is 5.57 Å². The third-order valence-corrected chi connectivity index (χ3v) is 4.27. The molecule has 1 N–H and O–H groups in total. The Hall–Kier alpha value is -1.09. The topological polar surface area (TPSA) is 55.8 Å². The molecular formula is C14H19O4P. The van der Waals surface area contributed by atoms with Gasteiger partial charge in [-0.2, -0.15) is 0 Å². The van der Waals surface area contributed by atoms with Crippen molar-refractivity contribution < 1.29 is 18.7 Å². The van der Waals surface area contributed by atoms with Crippen LogP contribution in [0.5, 0.6) is 5.75 Å². The Morgan fingerprint density at radius 2 is 2.26 bits per heavy atom. The fourth-order valence-electron chi connectivity index (χ4n) is 2.01. The van der Waals surface area contributed by atoms with E-state index in [4.69, 9.17) is 9.26 Å². The van der Waals surface area contributed by atoms with Crippen LogP contribution in [0.3, 0.4) is 0 Å². The predicted octanol–water partition coefficient (Wildman–Crippen LogP) is 3.67. The van der Waals surface area contributed by atoms with E-state index >= 15 is 0 Å². The minimum atomic E-state index is -3.65. The molecule has 0 spiro atoms. The summed E-state index contributed by atoms with van der Waals surface area (Å²) in [4.78, 5) is 9.78. The minimum absolute atomic E-state index is 0.223. The van der Waals surface area contributed by atoms with E-state index in [0.29, 0.717) is 5.92 Å². The van der Waals surface area contributed by atoms with Gasteiger partial charge < -0.3 is 14.2 Å². The quantitative estimate of drug-likeness (QED) is 0.809. The molecule has 1 aliphatic rings. The first-order valence-corrected chi connectivity index (χ1v) is 8.04. The van der Waals surface area contributed by atoms with Crippen molar-refractivity contribution in [1.29, 1.82) is 0 Å². The first kappa shape index (κ1) is 14.3. The molecule has 5 heteroatoms. The van der Waals surface area contributed by atoms with Crippen molar-refractivity contribution in [1.82, 2.24) is 0 Å². The number of ether oxygens (including phenoxy) is 1. The maximum absolute atomic E-state index is 11.9. The van der Waals surface area contributed by atoms with Gasteiger partial charge in [0.2, 0.25) is 0 Å². The Labute approximate surface area is 113 Å². The zero-order valence-electron chi connectivity index (χ0n) is 11.2. The summed E-state index contributed by atoms with van der Waals surface area (Å²) in [6, 6.07) is 7.55. The Bertz CT molecular complexity index is 520. The number of rotatable bonds is 6. The highest BCUT2D eigenvalue weighted by Gasteiger charge is 2.30. The highest BCUT2D eigenvalue weighted by molar-refractivity contribution is 7.56. The van der Waals surface area contributed by atoms with Crippen LogP contribution in [0.1, 0.15) is 25.3 Å². The van der Waals surface area contributed by atoms with Gasteiger partial charge in [0, 0.05) is 5.82 Å².